The number of benzene rings is 1. The lowest BCUT2D eigenvalue weighted by atomic mass is 9.92. The van der Waals surface area contributed by atoms with E-state index in [-0.39, 0.29) is 12.0 Å². The quantitative estimate of drug-likeness (QED) is 0.315. The van der Waals surface area contributed by atoms with E-state index in [2.05, 4.69) is 50.7 Å². The van der Waals surface area contributed by atoms with Crippen LogP contribution in [0.2, 0.25) is 0 Å². The summed E-state index contributed by atoms with van der Waals surface area (Å²) in [5.74, 6) is 1.58. The monoisotopic (exact) mass is 502 g/mol. The van der Waals surface area contributed by atoms with Gasteiger partial charge in [-0.1, -0.05) is 12.1 Å². The van der Waals surface area contributed by atoms with E-state index in [4.69, 9.17) is 10.5 Å². The number of aromatic nitrogens is 4. The number of fused-ring (bicyclic) bond motifs is 2. The van der Waals surface area contributed by atoms with Gasteiger partial charge in [0.1, 0.15) is 29.7 Å². The normalized spacial score (nSPS) is 24.7. The maximum Gasteiger partial charge on any atom is 0.146 e. The van der Waals surface area contributed by atoms with Gasteiger partial charge in [-0.25, -0.2) is 15.0 Å². The second-order valence-electron chi connectivity index (χ2n) is 10.4. The van der Waals surface area contributed by atoms with Gasteiger partial charge in [0.05, 0.1) is 23.0 Å². The van der Waals surface area contributed by atoms with Crippen LogP contribution in [0.1, 0.15) is 48.8 Å². The molecule has 0 amide bonds. The van der Waals surface area contributed by atoms with E-state index in [1.54, 1.807) is 0 Å². The predicted octanol–water partition coefficient (Wildman–Crippen LogP) is 3.41. The fourth-order valence-corrected chi connectivity index (χ4v) is 6.18. The van der Waals surface area contributed by atoms with E-state index in [1.165, 1.54) is 11.9 Å². The number of nitrogens with one attached hydrogen (secondary N) is 1. The summed E-state index contributed by atoms with van der Waals surface area (Å²) in [6, 6.07) is 10.1. The molecule has 1 aliphatic carbocycles. The van der Waals surface area contributed by atoms with E-state index in [1.807, 2.05) is 17.7 Å². The average Bonchev–Trinajstić information content (AvgIpc) is 3.45. The summed E-state index contributed by atoms with van der Waals surface area (Å²) in [6.07, 6.45) is 5.96. The second-order valence-corrected chi connectivity index (χ2v) is 10.4. The Morgan fingerprint density at radius 3 is 2.73 bits per heavy atom. The highest BCUT2D eigenvalue weighted by atomic mass is 16.5. The van der Waals surface area contributed by atoms with Crippen molar-refractivity contribution in [2.45, 2.75) is 56.3 Å². The minimum Gasteiger partial charge on any atom is -0.390 e. The van der Waals surface area contributed by atoms with Crippen molar-refractivity contribution in [2.75, 3.05) is 31.3 Å². The molecule has 4 heterocycles. The first kappa shape index (κ1) is 24.1. The van der Waals surface area contributed by atoms with Crippen LogP contribution < -0.4 is 11.1 Å². The number of nitrogen functional groups attached to an aromatic ring is 1. The van der Waals surface area contributed by atoms with Gasteiger partial charge in [0, 0.05) is 31.8 Å². The maximum atomic E-state index is 11.1. The third kappa shape index (κ3) is 4.41. The molecule has 3 aromatic heterocycles. The summed E-state index contributed by atoms with van der Waals surface area (Å²) < 4.78 is 7.60. The minimum absolute atomic E-state index is 0.0320. The highest BCUT2D eigenvalue weighted by Crippen LogP contribution is 2.43. The molecule has 2 fully saturated rings. The number of rotatable bonds is 6. The van der Waals surface area contributed by atoms with Crippen LogP contribution in [0.5, 0.6) is 0 Å². The zero-order valence-electron chi connectivity index (χ0n) is 21.0. The Balaban J connectivity index is 1.24. The molecular formula is C28H34N6O3. The van der Waals surface area contributed by atoms with E-state index in [0.717, 1.165) is 72.2 Å². The number of ether oxygens (including phenoxy) is 1. The molecule has 5 N–H and O–H groups in total. The molecule has 0 bridgehead atoms. The van der Waals surface area contributed by atoms with Crippen molar-refractivity contribution in [3.05, 3.63) is 54.0 Å². The number of anilines is 2. The number of aryl methyl sites for hydroxylation is 1. The Morgan fingerprint density at radius 2 is 1.92 bits per heavy atom. The summed E-state index contributed by atoms with van der Waals surface area (Å²) >= 11 is 0. The van der Waals surface area contributed by atoms with Crippen molar-refractivity contribution < 1.29 is 14.9 Å². The number of aliphatic hydroxyl groups is 2. The van der Waals surface area contributed by atoms with Crippen LogP contribution in [0.15, 0.2) is 42.9 Å². The fourth-order valence-electron chi connectivity index (χ4n) is 6.18. The molecule has 6 rings (SSSR count). The van der Waals surface area contributed by atoms with Crippen molar-refractivity contribution >= 4 is 33.6 Å². The standard InChI is InChI=1S/C28H34N6O3/c1-30-23-7-6-18-4-2-16(12-21(18)33-23)3-5-19-13-22(26(36)25(19)35)34-14-20(17-8-10-37-11-9-17)24-27(29)31-15-32-28(24)34/h2,4,6-7,12,14-15,17,19,22,25-26,35-36H,3,5,8-11,13H2,1H3,(H,30,33)(H2,29,31,32)/t19-,22+,25+,26-/m0/s1. The zero-order chi connectivity index (χ0) is 25.5. The Labute approximate surface area is 215 Å². The lowest BCUT2D eigenvalue weighted by molar-refractivity contribution is 0.00542. The Bertz CT molecular complexity index is 1420. The summed E-state index contributed by atoms with van der Waals surface area (Å²) in [6.45, 7) is 1.44. The summed E-state index contributed by atoms with van der Waals surface area (Å²) in [5.41, 5.74) is 10.3. The topological polar surface area (TPSA) is 131 Å². The summed E-state index contributed by atoms with van der Waals surface area (Å²) in [4.78, 5) is 13.5. The summed E-state index contributed by atoms with van der Waals surface area (Å²) in [7, 11) is 1.86. The average molecular weight is 503 g/mol. The first-order chi connectivity index (χ1) is 18.0. The van der Waals surface area contributed by atoms with Gasteiger partial charge in [-0.2, -0.15) is 0 Å². The van der Waals surface area contributed by atoms with Crippen LogP contribution in [0.3, 0.4) is 0 Å². The van der Waals surface area contributed by atoms with Crippen LogP contribution in [0.25, 0.3) is 21.9 Å². The van der Waals surface area contributed by atoms with Crippen molar-refractivity contribution in [1.82, 2.24) is 19.5 Å². The van der Waals surface area contributed by atoms with Crippen molar-refractivity contribution in [3.8, 4) is 0 Å². The van der Waals surface area contributed by atoms with Gasteiger partial charge in [-0.3, -0.25) is 0 Å². The van der Waals surface area contributed by atoms with Gasteiger partial charge >= 0.3 is 0 Å². The van der Waals surface area contributed by atoms with Crippen LogP contribution in [-0.2, 0) is 11.2 Å². The molecule has 0 radical (unpaired) electrons. The highest BCUT2D eigenvalue weighted by molar-refractivity contribution is 5.90. The number of pyridine rings is 1. The number of nitrogens with zero attached hydrogens (tertiary/aromatic N) is 4. The largest absolute Gasteiger partial charge is 0.390 e. The minimum atomic E-state index is -0.879. The molecule has 9 heteroatoms. The lowest BCUT2D eigenvalue weighted by Gasteiger charge is -2.22. The van der Waals surface area contributed by atoms with Crippen LogP contribution in [0.4, 0.5) is 11.6 Å². The van der Waals surface area contributed by atoms with E-state index < -0.39 is 12.2 Å². The molecule has 9 nitrogen and oxygen atoms in total. The molecule has 4 aromatic rings. The van der Waals surface area contributed by atoms with Crippen LogP contribution in [-0.4, -0.2) is 62.2 Å². The predicted molar refractivity (Wildman–Crippen MR) is 144 cm³/mol. The molecule has 194 valence electrons. The zero-order valence-corrected chi connectivity index (χ0v) is 21.0. The Kier molecular flexibility index (Phi) is 6.44. The number of hydrogen-bond donors (Lipinski definition) is 4. The summed E-state index contributed by atoms with van der Waals surface area (Å²) in [5, 5.41) is 27.2. The van der Waals surface area contributed by atoms with Gasteiger partial charge in [-0.15, -0.1) is 0 Å². The van der Waals surface area contributed by atoms with E-state index >= 15 is 0 Å². The van der Waals surface area contributed by atoms with Crippen molar-refractivity contribution in [1.29, 1.82) is 0 Å². The number of aliphatic hydroxyl groups excluding tert-OH is 2. The first-order valence-corrected chi connectivity index (χ1v) is 13.2. The van der Waals surface area contributed by atoms with Gasteiger partial charge in [0.2, 0.25) is 0 Å². The number of hydrogen-bond acceptors (Lipinski definition) is 8. The van der Waals surface area contributed by atoms with Gasteiger partial charge < -0.3 is 30.6 Å². The number of nitrogens with two attached hydrogens (primary N) is 1. The molecule has 1 saturated heterocycles. The third-order valence-corrected chi connectivity index (χ3v) is 8.27. The molecule has 0 unspecified atom stereocenters. The van der Waals surface area contributed by atoms with Crippen molar-refractivity contribution in [2.24, 2.45) is 5.92 Å². The molecule has 0 spiro atoms. The van der Waals surface area contributed by atoms with Crippen LogP contribution in [0, 0.1) is 5.92 Å². The van der Waals surface area contributed by atoms with Gasteiger partial charge in [0.15, 0.2) is 0 Å². The van der Waals surface area contributed by atoms with Crippen LogP contribution >= 0.6 is 0 Å². The molecule has 4 atom stereocenters. The fraction of sp³-hybridized carbons (Fsp3) is 0.464. The molecule has 1 aromatic carbocycles. The van der Waals surface area contributed by atoms with E-state index in [9.17, 15) is 10.2 Å². The highest BCUT2D eigenvalue weighted by Gasteiger charge is 2.43. The second kappa shape index (κ2) is 9.89. The molecular weight excluding hydrogens is 468 g/mol. The first-order valence-electron chi connectivity index (χ1n) is 13.2. The van der Waals surface area contributed by atoms with Crippen molar-refractivity contribution in [3.63, 3.8) is 0 Å². The molecule has 1 aliphatic heterocycles. The smallest absolute Gasteiger partial charge is 0.146 e. The maximum absolute atomic E-state index is 11.1. The van der Waals surface area contributed by atoms with Gasteiger partial charge in [-0.05, 0) is 73.3 Å². The molecule has 2 aliphatic rings. The Morgan fingerprint density at radius 1 is 1.11 bits per heavy atom. The third-order valence-electron chi connectivity index (χ3n) is 8.27. The lowest BCUT2D eigenvalue weighted by Crippen LogP contribution is -2.29. The van der Waals surface area contributed by atoms with E-state index in [0.29, 0.717) is 18.2 Å². The molecule has 37 heavy (non-hydrogen) atoms. The van der Waals surface area contributed by atoms with Gasteiger partial charge in [0.25, 0.3) is 0 Å². The molecule has 1 saturated carbocycles. The SMILES string of the molecule is CNc1ccc2ccc(CC[C@H]3C[C@@H](n4cc(C5CCOCC5)c5c(N)ncnc54)[C@H](O)[C@@H]3O)cc2n1. The Hall–Kier alpha value is -3.27.